The van der Waals surface area contributed by atoms with E-state index in [4.69, 9.17) is 11.1 Å². The number of halogens is 3. The third-order valence-corrected chi connectivity index (χ3v) is 2.08. The topological polar surface area (TPSA) is 90.9 Å². The molecule has 98 valence electrons. The molecule has 9 heteroatoms. The molecule has 0 saturated carbocycles. The molecule has 0 spiro atoms. The summed E-state index contributed by atoms with van der Waals surface area (Å²) in [5.74, 6) is 4.73. The Morgan fingerprint density at radius 1 is 1.50 bits per heavy atom. The summed E-state index contributed by atoms with van der Waals surface area (Å²) >= 11 is 0. The second-order valence-corrected chi connectivity index (χ2v) is 3.41. The molecule has 1 aromatic rings. The average molecular weight is 260 g/mol. The molecule has 18 heavy (non-hydrogen) atoms. The fourth-order valence-corrected chi connectivity index (χ4v) is 1.17. The van der Waals surface area contributed by atoms with Crippen molar-refractivity contribution in [3.05, 3.63) is 11.8 Å². The highest BCUT2D eigenvalue weighted by molar-refractivity contribution is 5.44. The molecule has 0 aliphatic rings. The molecule has 0 aliphatic carbocycles. The summed E-state index contributed by atoms with van der Waals surface area (Å²) in [7, 11) is 1.53. The standard InChI is InChI=1S/C9H11F3N6/c1-18(4-2-3-13)7-5-6(9(10,11)12)15-8(16-7)17-14/h5H,2,4,14H2,1H3,(H,15,16,17). The van der Waals surface area contributed by atoms with Crippen LogP contribution >= 0.6 is 0 Å². The number of hydrogen-bond donors (Lipinski definition) is 2. The maximum atomic E-state index is 12.6. The smallest absolute Gasteiger partial charge is 0.358 e. The first kappa shape index (κ1) is 14.0. The van der Waals surface area contributed by atoms with Gasteiger partial charge in [-0.3, -0.25) is 5.43 Å². The SMILES string of the molecule is CN(CCC#N)c1cc(C(F)(F)F)nc(NN)n1. The Labute approximate surface area is 101 Å². The molecule has 0 bridgehead atoms. The molecular formula is C9H11F3N6. The first-order valence-corrected chi connectivity index (χ1v) is 4.89. The minimum absolute atomic E-state index is 0.0422. The third kappa shape index (κ3) is 3.46. The van der Waals surface area contributed by atoms with Gasteiger partial charge in [0, 0.05) is 19.7 Å². The normalized spacial score (nSPS) is 10.9. The van der Waals surface area contributed by atoms with Crippen molar-refractivity contribution < 1.29 is 13.2 Å². The molecule has 0 amide bonds. The van der Waals surface area contributed by atoms with Crippen molar-refractivity contribution in [3.8, 4) is 6.07 Å². The van der Waals surface area contributed by atoms with E-state index in [2.05, 4.69) is 9.97 Å². The van der Waals surface area contributed by atoms with Gasteiger partial charge in [0.15, 0.2) is 5.69 Å². The second-order valence-electron chi connectivity index (χ2n) is 3.41. The number of nitriles is 1. The van der Waals surface area contributed by atoms with Crippen LogP contribution in [0.5, 0.6) is 0 Å². The highest BCUT2D eigenvalue weighted by Crippen LogP contribution is 2.30. The van der Waals surface area contributed by atoms with Crippen LogP contribution in [0.2, 0.25) is 0 Å². The molecule has 6 nitrogen and oxygen atoms in total. The second kappa shape index (κ2) is 5.50. The van der Waals surface area contributed by atoms with Crippen molar-refractivity contribution in [1.29, 1.82) is 5.26 Å². The quantitative estimate of drug-likeness (QED) is 0.623. The van der Waals surface area contributed by atoms with Crippen LogP contribution in [-0.2, 0) is 6.18 Å². The number of rotatable bonds is 4. The van der Waals surface area contributed by atoms with Crippen LogP contribution in [-0.4, -0.2) is 23.6 Å². The van der Waals surface area contributed by atoms with Crippen molar-refractivity contribution in [3.63, 3.8) is 0 Å². The van der Waals surface area contributed by atoms with Gasteiger partial charge in [0.25, 0.3) is 0 Å². The number of hydrogen-bond acceptors (Lipinski definition) is 6. The molecule has 0 aromatic carbocycles. The number of nitrogens with two attached hydrogens (primary N) is 1. The van der Waals surface area contributed by atoms with Gasteiger partial charge in [0.1, 0.15) is 5.82 Å². The number of nitrogen functional groups attached to an aromatic ring is 1. The van der Waals surface area contributed by atoms with E-state index in [0.29, 0.717) is 0 Å². The Morgan fingerprint density at radius 3 is 2.67 bits per heavy atom. The predicted molar refractivity (Wildman–Crippen MR) is 58.3 cm³/mol. The summed E-state index contributed by atoms with van der Waals surface area (Å²) in [6, 6.07) is 2.70. The van der Waals surface area contributed by atoms with Crippen LogP contribution < -0.4 is 16.2 Å². The van der Waals surface area contributed by atoms with E-state index < -0.39 is 11.9 Å². The zero-order chi connectivity index (χ0) is 13.8. The molecule has 1 aromatic heterocycles. The van der Waals surface area contributed by atoms with Crippen LogP contribution in [0.15, 0.2) is 6.07 Å². The van der Waals surface area contributed by atoms with Gasteiger partial charge in [0.2, 0.25) is 5.95 Å². The Bertz CT molecular complexity index is 453. The molecule has 1 rings (SSSR count). The molecule has 3 N–H and O–H groups in total. The number of nitrogens with zero attached hydrogens (tertiary/aromatic N) is 4. The van der Waals surface area contributed by atoms with Crippen LogP contribution in [0.4, 0.5) is 24.9 Å². The number of aromatic nitrogens is 2. The minimum Gasteiger partial charge on any atom is -0.358 e. The number of anilines is 2. The highest BCUT2D eigenvalue weighted by atomic mass is 19.4. The fourth-order valence-electron chi connectivity index (χ4n) is 1.17. The van der Waals surface area contributed by atoms with E-state index in [1.807, 2.05) is 11.5 Å². The van der Waals surface area contributed by atoms with Gasteiger partial charge < -0.3 is 4.90 Å². The summed E-state index contributed by atoms with van der Waals surface area (Å²) in [5.41, 5.74) is 0.884. The number of nitrogens with one attached hydrogen (secondary N) is 1. The number of hydrazine groups is 1. The van der Waals surface area contributed by atoms with E-state index in [1.54, 1.807) is 0 Å². The van der Waals surface area contributed by atoms with Gasteiger partial charge in [-0.2, -0.15) is 23.4 Å². The summed E-state index contributed by atoms with van der Waals surface area (Å²) in [5, 5.41) is 8.42. The Hall–Kier alpha value is -2.08. The lowest BCUT2D eigenvalue weighted by Crippen LogP contribution is -2.23. The lowest BCUT2D eigenvalue weighted by atomic mass is 10.3. The molecule has 0 unspecified atom stereocenters. The summed E-state index contributed by atoms with van der Waals surface area (Å²) < 4.78 is 37.7. The summed E-state index contributed by atoms with van der Waals surface area (Å²) in [4.78, 5) is 8.43. The Balaban J connectivity index is 3.09. The van der Waals surface area contributed by atoms with Gasteiger partial charge in [-0.15, -0.1) is 0 Å². The molecule has 0 radical (unpaired) electrons. The molecule has 0 atom stereocenters. The lowest BCUT2D eigenvalue weighted by molar-refractivity contribution is -0.141. The van der Waals surface area contributed by atoms with Gasteiger partial charge >= 0.3 is 6.18 Å². The van der Waals surface area contributed by atoms with E-state index >= 15 is 0 Å². The van der Waals surface area contributed by atoms with Crippen molar-refractivity contribution in [2.24, 2.45) is 5.84 Å². The summed E-state index contributed by atoms with van der Waals surface area (Å²) in [6.45, 7) is 0.259. The Morgan fingerprint density at radius 2 is 2.17 bits per heavy atom. The molecule has 0 saturated heterocycles. The van der Waals surface area contributed by atoms with Gasteiger partial charge in [-0.1, -0.05) is 0 Å². The molecular weight excluding hydrogens is 249 g/mol. The molecule has 0 fully saturated rings. The monoisotopic (exact) mass is 260 g/mol. The molecule has 0 aliphatic heterocycles. The van der Waals surface area contributed by atoms with E-state index in [-0.39, 0.29) is 24.7 Å². The van der Waals surface area contributed by atoms with Crippen LogP contribution in [0, 0.1) is 11.3 Å². The van der Waals surface area contributed by atoms with E-state index in [1.165, 1.54) is 11.9 Å². The first-order valence-electron chi connectivity index (χ1n) is 4.89. The lowest BCUT2D eigenvalue weighted by Gasteiger charge is -2.18. The van der Waals surface area contributed by atoms with Crippen molar-refractivity contribution in [2.45, 2.75) is 12.6 Å². The third-order valence-electron chi connectivity index (χ3n) is 2.08. The van der Waals surface area contributed by atoms with Crippen LogP contribution in [0.3, 0.4) is 0 Å². The van der Waals surface area contributed by atoms with E-state index in [0.717, 1.165) is 6.07 Å². The minimum atomic E-state index is -4.58. The van der Waals surface area contributed by atoms with Gasteiger partial charge in [0.05, 0.1) is 12.5 Å². The fraction of sp³-hybridized carbons (Fsp3) is 0.444. The van der Waals surface area contributed by atoms with Gasteiger partial charge in [-0.05, 0) is 0 Å². The van der Waals surface area contributed by atoms with Gasteiger partial charge in [-0.25, -0.2) is 10.8 Å². The summed E-state index contributed by atoms with van der Waals surface area (Å²) in [6.07, 6.45) is -4.41. The predicted octanol–water partition coefficient (Wildman–Crippen LogP) is 1.13. The van der Waals surface area contributed by atoms with Crippen LogP contribution in [0.25, 0.3) is 0 Å². The largest absolute Gasteiger partial charge is 0.433 e. The van der Waals surface area contributed by atoms with Crippen molar-refractivity contribution in [2.75, 3.05) is 23.9 Å². The average Bonchev–Trinajstić information content (AvgIpc) is 2.34. The van der Waals surface area contributed by atoms with E-state index in [9.17, 15) is 13.2 Å². The number of alkyl halides is 3. The zero-order valence-corrected chi connectivity index (χ0v) is 9.49. The highest BCUT2D eigenvalue weighted by Gasteiger charge is 2.34. The maximum absolute atomic E-state index is 12.6. The van der Waals surface area contributed by atoms with Crippen molar-refractivity contribution in [1.82, 2.24) is 9.97 Å². The first-order chi connectivity index (χ1) is 8.38. The zero-order valence-electron chi connectivity index (χ0n) is 9.49. The molecule has 1 heterocycles. The van der Waals surface area contributed by atoms with Crippen LogP contribution in [0.1, 0.15) is 12.1 Å². The maximum Gasteiger partial charge on any atom is 0.433 e. The van der Waals surface area contributed by atoms with Crippen molar-refractivity contribution >= 4 is 11.8 Å². The Kier molecular flexibility index (Phi) is 4.28.